The third kappa shape index (κ3) is 2.67. The maximum atomic E-state index is 13.5. The second-order valence-electron chi connectivity index (χ2n) is 2.61. The largest absolute Gasteiger partial charge is 0.305 e. The monoisotopic (exact) mass is 219 g/mol. The highest BCUT2D eigenvalue weighted by molar-refractivity contribution is 7.98. The number of nitrogens with one attached hydrogen (secondary N) is 1. The highest BCUT2D eigenvalue weighted by Crippen LogP contribution is 2.23. The second-order valence-corrected chi connectivity index (χ2v) is 3.45. The second kappa shape index (κ2) is 5.29. The molecule has 1 rings (SSSR count). The van der Waals surface area contributed by atoms with E-state index in [-0.39, 0.29) is 12.1 Å². The SMILES string of the molecule is CONCc1cc(F)cc(SC)c1F. The first kappa shape index (κ1) is 11.4. The predicted octanol–water partition coefficient (Wildman–Crippen LogP) is 2.34. The Labute approximate surface area is 85.6 Å². The lowest BCUT2D eigenvalue weighted by Crippen LogP contribution is -2.12. The average molecular weight is 219 g/mol. The van der Waals surface area contributed by atoms with Crippen molar-refractivity contribution in [2.45, 2.75) is 11.4 Å². The van der Waals surface area contributed by atoms with Gasteiger partial charge in [-0.15, -0.1) is 11.8 Å². The summed E-state index contributed by atoms with van der Waals surface area (Å²) in [5, 5.41) is 0. The van der Waals surface area contributed by atoms with Crippen molar-refractivity contribution in [3.8, 4) is 0 Å². The molecule has 14 heavy (non-hydrogen) atoms. The van der Waals surface area contributed by atoms with Crippen molar-refractivity contribution in [3.63, 3.8) is 0 Å². The zero-order chi connectivity index (χ0) is 10.6. The summed E-state index contributed by atoms with van der Waals surface area (Å²) in [6, 6.07) is 2.33. The molecule has 78 valence electrons. The Balaban J connectivity index is 2.96. The molecule has 0 radical (unpaired) electrons. The summed E-state index contributed by atoms with van der Waals surface area (Å²) in [5.41, 5.74) is 2.73. The summed E-state index contributed by atoms with van der Waals surface area (Å²) in [5.74, 6) is -0.841. The van der Waals surface area contributed by atoms with Crippen LogP contribution in [0.3, 0.4) is 0 Å². The maximum Gasteiger partial charge on any atom is 0.141 e. The molecule has 0 atom stereocenters. The summed E-state index contributed by atoms with van der Waals surface area (Å²) in [7, 11) is 1.42. The number of hydrogen-bond acceptors (Lipinski definition) is 3. The van der Waals surface area contributed by atoms with Crippen LogP contribution >= 0.6 is 11.8 Å². The fraction of sp³-hybridized carbons (Fsp3) is 0.333. The molecule has 0 aliphatic rings. The van der Waals surface area contributed by atoms with Gasteiger partial charge in [0, 0.05) is 17.0 Å². The highest BCUT2D eigenvalue weighted by Gasteiger charge is 2.09. The van der Waals surface area contributed by atoms with E-state index < -0.39 is 11.6 Å². The van der Waals surface area contributed by atoms with E-state index in [2.05, 4.69) is 10.3 Å². The van der Waals surface area contributed by atoms with Gasteiger partial charge in [-0.05, 0) is 18.4 Å². The third-order valence-corrected chi connectivity index (χ3v) is 2.44. The summed E-state index contributed by atoms with van der Waals surface area (Å²) in [6.45, 7) is 0.146. The van der Waals surface area contributed by atoms with Crippen molar-refractivity contribution in [2.75, 3.05) is 13.4 Å². The van der Waals surface area contributed by atoms with Crippen molar-refractivity contribution in [1.82, 2.24) is 5.48 Å². The zero-order valence-corrected chi connectivity index (χ0v) is 8.75. The molecule has 1 aromatic rings. The van der Waals surface area contributed by atoms with Gasteiger partial charge in [0.1, 0.15) is 11.6 Å². The van der Waals surface area contributed by atoms with Crippen molar-refractivity contribution >= 4 is 11.8 Å². The Morgan fingerprint density at radius 2 is 2.14 bits per heavy atom. The first-order valence-corrected chi connectivity index (χ1v) is 5.19. The van der Waals surface area contributed by atoms with Gasteiger partial charge >= 0.3 is 0 Å². The van der Waals surface area contributed by atoms with E-state index in [1.807, 2.05) is 0 Å². The van der Waals surface area contributed by atoms with E-state index in [9.17, 15) is 8.78 Å². The van der Waals surface area contributed by atoms with Crippen LogP contribution in [-0.2, 0) is 11.4 Å². The van der Waals surface area contributed by atoms with Crippen molar-refractivity contribution in [1.29, 1.82) is 0 Å². The number of thioether (sulfide) groups is 1. The molecule has 0 spiro atoms. The molecule has 0 saturated carbocycles. The third-order valence-electron chi connectivity index (χ3n) is 1.71. The molecule has 0 saturated heterocycles. The normalized spacial score (nSPS) is 10.6. The molecule has 0 bridgehead atoms. The maximum absolute atomic E-state index is 13.5. The summed E-state index contributed by atoms with van der Waals surface area (Å²) in [4.78, 5) is 4.87. The average Bonchev–Trinajstić information content (AvgIpc) is 2.18. The molecule has 0 aromatic heterocycles. The molecule has 0 aliphatic carbocycles. The van der Waals surface area contributed by atoms with Gasteiger partial charge in [-0.25, -0.2) is 8.78 Å². The van der Waals surface area contributed by atoms with Gasteiger partial charge < -0.3 is 4.84 Å². The first-order chi connectivity index (χ1) is 6.69. The van der Waals surface area contributed by atoms with Crippen LogP contribution in [0.1, 0.15) is 5.56 Å². The number of rotatable bonds is 4. The van der Waals surface area contributed by atoms with Crippen LogP contribution in [0.25, 0.3) is 0 Å². The summed E-state index contributed by atoms with van der Waals surface area (Å²) >= 11 is 1.17. The van der Waals surface area contributed by atoms with Crippen LogP contribution in [0.4, 0.5) is 8.78 Å². The molecule has 2 nitrogen and oxygen atoms in total. The van der Waals surface area contributed by atoms with E-state index >= 15 is 0 Å². The molecule has 1 aromatic carbocycles. The Hall–Kier alpha value is -0.650. The van der Waals surface area contributed by atoms with Crippen LogP contribution in [0.2, 0.25) is 0 Å². The number of hydrogen-bond donors (Lipinski definition) is 1. The van der Waals surface area contributed by atoms with Gasteiger partial charge in [-0.1, -0.05) is 0 Å². The molecule has 0 heterocycles. The lowest BCUT2D eigenvalue weighted by molar-refractivity contribution is 0.0857. The van der Waals surface area contributed by atoms with Crippen LogP contribution < -0.4 is 5.48 Å². The fourth-order valence-corrected chi connectivity index (χ4v) is 1.59. The van der Waals surface area contributed by atoms with Crippen LogP contribution in [0.15, 0.2) is 17.0 Å². The molecule has 0 fully saturated rings. The molecule has 0 unspecified atom stereocenters. The molecule has 1 N–H and O–H groups in total. The number of benzene rings is 1. The standard InChI is InChI=1S/C9H11F2NOS/c1-13-12-5-6-3-7(10)4-8(14-2)9(6)11/h3-4,12H,5H2,1-2H3. The van der Waals surface area contributed by atoms with Gasteiger partial charge in [-0.3, -0.25) is 0 Å². The van der Waals surface area contributed by atoms with Crippen molar-refractivity contribution in [3.05, 3.63) is 29.3 Å². The van der Waals surface area contributed by atoms with E-state index in [0.29, 0.717) is 4.90 Å². The molecular weight excluding hydrogens is 208 g/mol. The van der Waals surface area contributed by atoms with Crippen LogP contribution in [0.5, 0.6) is 0 Å². The van der Waals surface area contributed by atoms with Crippen molar-refractivity contribution in [2.24, 2.45) is 0 Å². The van der Waals surface area contributed by atoms with E-state index in [0.717, 1.165) is 6.07 Å². The molecular formula is C9H11F2NOS. The minimum absolute atomic E-state index is 0.146. The molecule has 0 amide bonds. The lowest BCUT2D eigenvalue weighted by Gasteiger charge is -2.07. The Morgan fingerprint density at radius 1 is 1.43 bits per heavy atom. The van der Waals surface area contributed by atoms with E-state index in [1.54, 1.807) is 6.26 Å². The quantitative estimate of drug-likeness (QED) is 0.620. The highest BCUT2D eigenvalue weighted by atomic mass is 32.2. The molecule has 5 heteroatoms. The fourth-order valence-electron chi connectivity index (χ4n) is 1.05. The van der Waals surface area contributed by atoms with Gasteiger partial charge in [0.05, 0.1) is 7.11 Å². The van der Waals surface area contributed by atoms with Gasteiger partial charge in [0.25, 0.3) is 0 Å². The molecule has 0 aliphatic heterocycles. The minimum atomic E-state index is -0.441. The van der Waals surface area contributed by atoms with Gasteiger partial charge in [0.15, 0.2) is 0 Å². The zero-order valence-electron chi connectivity index (χ0n) is 7.93. The van der Waals surface area contributed by atoms with Gasteiger partial charge in [-0.2, -0.15) is 5.48 Å². The van der Waals surface area contributed by atoms with Crippen LogP contribution in [0, 0.1) is 11.6 Å². The minimum Gasteiger partial charge on any atom is -0.305 e. The summed E-state index contributed by atoms with van der Waals surface area (Å²) in [6.07, 6.45) is 1.70. The van der Waals surface area contributed by atoms with E-state index in [4.69, 9.17) is 0 Å². The topological polar surface area (TPSA) is 21.3 Å². The number of hydroxylamine groups is 1. The Morgan fingerprint density at radius 3 is 2.71 bits per heavy atom. The van der Waals surface area contributed by atoms with E-state index in [1.165, 1.54) is 24.9 Å². The summed E-state index contributed by atoms with van der Waals surface area (Å²) < 4.78 is 26.5. The predicted molar refractivity (Wildman–Crippen MR) is 52.0 cm³/mol. The Kier molecular flexibility index (Phi) is 4.31. The lowest BCUT2D eigenvalue weighted by atomic mass is 10.2. The van der Waals surface area contributed by atoms with Gasteiger partial charge in [0.2, 0.25) is 0 Å². The smallest absolute Gasteiger partial charge is 0.141 e. The Bertz CT molecular complexity index is 320. The number of halogens is 2. The van der Waals surface area contributed by atoms with Crippen LogP contribution in [-0.4, -0.2) is 13.4 Å². The van der Waals surface area contributed by atoms with Crippen molar-refractivity contribution < 1.29 is 13.6 Å². The first-order valence-electron chi connectivity index (χ1n) is 3.96.